The molecule has 2 saturated heterocycles. The lowest BCUT2D eigenvalue weighted by molar-refractivity contribution is -0.144. The summed E-state index contributed by atoms with van der Waals surface area (Å²) in [5.74, 6) is -12.4. The Morgan fingerprint density at radius 2 is 0.852 bits per heavy atom. The molecule has 0 bridgehead atoms. The molecule has 634 valence electrons. The number of benzene rings is 8. The Bertz CT molecular complexity index is 5210. The molecule has 0 radical (unpaired) electrons. The first-order valence-corrected chi connectivity index (χ1v) is 35.1. The molecular formula is C81H86Cl3F19N2O9S. The Kier molecular flexibility index (Phi) is 26.6. The summed E-state index contributed by atoms with van der Waals surface area (Å²) in [5, 5.41) is 11.9. The number of rotatable bonds is 15. The van der Waals surface area contributed by atoms with Crippen LogP contribution in [-0.4, -0.2) is 67.0 Å². The van der Waals surface area contributed by atoms with Crippen molar-refractivity contribution in [2.75, 3.05) is 28.5 Å². The number of hydrogen-bond acceptors (Lipinski definition) is 9. The van der Waals surface area contributed by atoms with E-state index < -0.39 is 210 Å². The molecular weight excluding hydrogens is 1640 g/mol. The summed E-state index contributed by atoms with van der Waals surface area (Å²) in [5.41, 5.74) is -6.98. The normalized spacial score (nSPS) is 19.0. The van der Waals surface area contributed by atoms with Gasteiger partial charge in [-0.25, -0.2) is 27.0 Å². The van der Waals surface area contributed by atoms with Crippen molar-refractivity contribution in [3.05, 3.63) is 228 Å². The van der Waals surface area contributed by atoms with Crippen molar-refractivity contribution in [3.63, 3.8) is 0 Å². The minimum absolute atomic E-state index is 0. The molecule has 10 rings (SSSR count). The van der Waals surface area contributed by atoms with Crippen LogP contribution in [0.25, 0.3) is 33.4 Å². The van der Waals surface area contributed by atoms with E-state index in [0.717, 1.165) is 72.5 Å². The van der Waals surface area contributed by atoms with Gasteiger partial charge >= 0.3 is 43.1 Å². The smallest absolute Gasteiger partial charge is 0.416 e. The lowest BCUT2D eigenvalue weighted by Gasteiger charge is -2.24. The van der Waals surface area contributed by atoms with E-state index in [1.54, 1.807) is 30.3 Å². The number of nitrogens with one attached hydrogen (secondary N) is 1. The van der Waals surface area contributed by atoms with Gasteiger partial charge in [0.1, 0.15) is 46.9 Å². The van der Waals surface area contributed by atoms with Crippen LogP contribution in [0.1, 0.15) is 209 Å². The SMILES string of the molecule is C.C.C[C@@H]1NC(=O)O[C@@H]1c1cc(C(F)(F)F)cc(C(F)(F)F)c1.O=S(Cl)Cl.[2H]C([2H])([2H])C([2H])(C)c1cc(-c2ccc(C(F)(F)F)cc2CN2C(=O)O[C@H](c3cc(C(F)(F)F)cc(C(F)(F)F)c3)[C@@H]2C)c(OC)cc1F.[2H]C([2H])([2H])C([2H])(c1cc(-c2ccc(C)cc2CCl)c(OC)cc1F)C([2H])([2H])[2H].[2H]C([2H])([2H])C([2H])(c1cc(-c2ccc(C)cc2CO)c(OC)cc1F)C([2H])([2H])[2H].[2H]CF. The van der Waals surface area contributed by atoms with E-state index in [1.807, 2.05) is 19.9 Å². The molecule has 5 atom stereocenters. The molecule has 2 aliphatic rings. The second-order valence-corrected chi connectivity index (χ2v) is 27.0. The Balaban J connectivity index is 0.000000467. The number of amides is 2. The molecule has 2 fully saturated rings. The summed E-state index contributed by atoms with van der Waals surface area (Å²) in [4.78, 5) is 24.8. The highest BCUT2D eigenvalue weighted by molar-refractivity contribution is 8.26. The van der Waals surface area contributed by atoms with Gasteiger partial charge in [-0.05, 0) is 173 Å². The maximum absolute atomic E-state index is 15.1. The van der Waals surface area contributed by atoms with Crippen LogP contribution in [0.4, 0.5) is 93.0 Å². The lowest BCUT2D eigenvalue weighted by Crippen LogP contribution is -2.32. The first-order valence-electron chi connectivity index (χ1n) is 41.5. The summed E-state index contributed by atoms with van der Waals surface area (Å²) < 4.78 is 433. The monoisotopic (exact) mass is 1750 g/mol. The summed E-state index contributed by atoms with van der Waals surface area (Å²) in [7, 11) is 10.0. The summed E-state index contributed by atoms with van der Waals surface area (Å²) in [6, 6.07) is 17.8. The van der Waals surface area contributed by atoms with Gasteiger partial charge in [-0.2, -0.15) is 65.9 Å². The molecule has 8 aromatic rings. The molecule has 8 aromatic carbocycles. The summed E-state index contributed by atoms with van der Waals surface area (Å²) in [6.07, 6.45) is -30.3. The van der Waals surface area contributed by atoms with Crippen LogP contribution in [-0.2, 0) is 68.6 Å². The predicted octanol–water partition coefficient (Wildman–Crippen LogP) is 26.7. The van der Waals surface area contributed by atoms with Crippen molar-refractivity contribution in [2.45, 2.75) is 176 Å². The van der Waals surface area contributed by atoms with E-state index >= 15 is 4.39 Å². The van der Waals surface area contributed by atoms with Crippen LogP contribution in [0.5, 0.6) is 17.2 Å². The average Bonchev–Trinajstić information content (AvgIpc) is 0.859. The minimum Gasteiger partial charge on any atom is -0.496 e. The minimum atomic E-state index is -5.21. The van der Waals surface area contributed by atoms with Gasteiger partial charge in [-0.1, -0.05) is 110 Å². The van der Waals surface area contributed by atoms with Crippen molar-refractivity contribution in [2.24, 2.45) is 0 Å². The highest BCUT2D eigenvalue weighted by Gasteiger charge is 2.45. The number of hydrogen-bond donors (Lipinski definition) is 2. The third-order valence-electron chi connectivity index (χ3n) is 16.6. The van der Waals surface area contributed by atoms with Gasteiger partial charge < -0.3 is 34.1 Å². The van der Waals surface area contributed by atoms with E-state index in [1.165, 1.54) is 28.1 Å². The Hall–Kier alpha value is -8.65. The number of alkyl halides is 17. The molecule has 2 aliphatic heterocycles. The fourth-order valence-corrected chi connectivity index (χ4v) is 11.6. The number of halogens is 22. The first kappa shape index (κ1) is 72.8. The largest absolute Gasteiger partial charge is 0.496 e. The van der Waals surface area contributed by atoms with Gasteiger partial charge in [-0.3, -0.25) is 9.29 Å². The quantitative estimate of drug-likeness (QED) is 0.0585. The number of aliphatic hydroxyl groups excluding tert-OH is 1. The van der Waals surface area contributed by atoms with Crippen LogP contribution in [0.3, 0.4) is 0 Å². The van der Waals surface area contributed by atoms with Gasteiger partial charge in [0, 0.05) is 86.8 Å². The van der Waals surface area contributed by atoms with Gasteiger partial charge in [0.2, 0.25) is 9.23 Å². The highest BCUT2D eigenvalue weighted by Crippen LogP contribution is 2.47. The fraction of sp³-hybridized carbons (Fsp3) is 0.383. The first-order chi connectivity index (χ1) is 59.9. The van der Waals surface area contributed by atoms with Gasteiger partial charge in [-0.15, -0.1) is 11.6 Å². The van der Waals surface area contributed by atoms with Crippen LogP contribution in [0.2, 0.25) is 0 Å². The van der Waals surface area contributed by atoms with Crippen molar-refractivity contribution in [1.82, 2.24) is 10.2 Å². The molecule has 2 amide bonds. The Morgan fingerprint density at radius 1 is 0.513 bits per heavy atom. The lowest BCUT2D eigenvalue weighted by atomic mass is 9.91. The highest BCUT2D eigenvalue weighted by atomic mass is 36.0. The molecule has 0 aliphatic carbocycles. The third kappa shape index (κ3) is 26.4. The van der Waals surface area contributed by atoms with E-state index in [-0.39, 0.29) is 90.1 Å². The van der Waals surface area contributed by atoms with Crippen molar-refractivity contribution in [3.8, 4) is 50.6 Å². The number of aryl methyl sites for hydroxylation is 2. The molecule has 115 heavy (non-hydrogen) atoms. The molecule has 2 N–H and O–H groups in total. The molecule has 0 aromatic heterocycles. The van der Waals surface area contributed by atoms with E-state index in [2.05, 4.69) is 26.7 Å². The maximum Gasteiger partial charge on any atom is 0.416 e. The molecule has 11 nitrogen and oxygen atoms in total. The molecule has 1 unspecified atom stereocenters. The summed E-state index contributed by atoms with van der Waals surface area (Å²) in [6.45, 7) is -10.2. The number of nitrogens with zero attached hydrogens (tertiary/aromatic N) is 1. The predicted molar refractivity (Wildman–Crippen MR) is 407 cm³/mol. The van der Waals surface area contributed by atoms with Crippen molar-refractivity contribution in [1.29, 1.82) is 0 Å². The second-order valence-electron chi connectivity index (χ2n) is 24.2. The van der Waals surface area contributed by atoms with Crippen LogP contribution in [0, 0.1) is 31.3 Å². The van der Waals surface area contributed by atoms with Gasteiger partial charge in [0.25, 0.3) is 0 Å². The number of ether oxygens (including phenoxy) is 5. The average molecular weight is 1750 g/mol. The zero-order valence-corrected chi connectivity index (χ0v) is 62.7. The summed E-state index contributed by atoms with van der Waals surface area (Å²) >= 11 is 6.02. The topological polar surface area (TPSA) is 133 Å². The molecule has 2 heterocycles. The standard InChI is InChI=1S/C30H25F10NO3.C18H20ClFO.C18H21FO2.C12H9F6NO2.CH3F.2CH4.Cl2OS/c1-14(2)22-11-23(25(43-4)12-24(22)31)21-6-5-18(28(32,33)34)9-17(21)13-41-15(3)26(44-27(41)42)16-7-19(29(35,36)37)10-20(8-16)30(38,39)40;1-11(2)15-8-16(18(21-4)9-17(15)20)14-6-5-12(3)7-13(14)10-19;1-11(2)15-8-16(18(21-4)9-17(15)19)14-6-5-12(3)7-13(14)10-20;1-5-9(21-10(20)19-5)6-2-7(11(13,14)15)4-8(3-6)12(16,17)18;1-2;;;1-4(2)3/h5-12,14-15,26H,13H2,1-4H3;5-9,11H,10H2,1-4H3;5-9,11,20H,10H2,1-4H3;2-5,9H,1H3,(H,19,20);1H3;2*1H4;/t15-,26-;;;5-,9-;;;;/m0..0..../s1/i1D3,14D;2*1D3,2D3,11D;;1D;;;/t14?,15-,26-;;;;;;;. The Labute approximate surface area is 697 Å². The zero-order chi connectivity index (χ0) is 102. The van der Waals surface area contributed by atoms with E-state index in [0.29, 0.717) is 58.7 Å². The van der Waals surface area contributed by atoms with Gasteiger partial charge in [0.15, 0.2) is 0 Å². The molecule has 0 saturated carbocycles. The van der Waals surface area contributed by atoms with Gasteiger partial charge in [0.05, 0.1) is 82.9 Å². The molecule has 0 spiro atoms. The van der Waals surface area contributed by atoms with Crippen molar-refractivity contribution >= 4 is 54.4 Å². The zero-order valence-electron chi connectivity index (χ0n) is 78.6. The molecule has 34 heteroatoms. The Morgan fingerprint density at radius 3 is 1.18 bits per heavy atom. The number of cyclic esters (lactones) is 2. The number of carbonyl (C=O) groups is 2. The number of methoxy groups -OCH3 is 3. The van der Waals surface area contributed by atoms with E-state index in [9.17, 15) is 93.7 Å². The number of aliphatic hydroxyl groups is 1. The van der Waals surface area contributed by atoms with E-state index in [4.69, 9.17) is 65.5 Å². The number of alkyl carbamates (subject to hydrolysis) is 1. The fourth-order valence-electron chi connectivity index (χ4n) is 11.3. The van der Waals surface area contributed by atoms with Crippen molar-refractivity contribution < 1.29 is 152 Å². The van der Waals surface area contributed by atoms with Crippen LogP contribution >= 0.6 is 33.0 Å². The maximum atomic E-state index is 15.1. The third-order valence-corrected chi connectivity index (χ3v) is 16.9. The number of carbonyl (C=O) groups excluding carboxylic acids is 2. The van der Waals surface area contributed by atoms with Crippen LogP contribution < -0.4 is 19.5 Å². The second kappa shape index (κ2) is 42.0. The van der Waals surface area contributed by atoms with Crippen LogP contribution in [0.15, 0.2) is 127 Å².